The predicted molar refractivity (Wildman–Crippen MR) is 106 cm³/mol. The molecule has 26 heavy (non-hydrogen) atoms. The molecule has 0 fully saturated rings. The highest BCUT2D eigenvalue weighted by molar-refractivity contribution is 5.79. The predicted octanol–water partition coefficient (Wildman–Crippen LogP) is 4.69. The van der Waals surface area contributed by atoms with Crippen LogP contribution in [0.15, 0.2) is 36.4 Å². The summed E-state index contributed by atoms with van der Waals surface area (Å²) in [6.45, 7) is 4.13. The summed E-state index contributed by atoms with van der Waals surface area (Å²) in [5.41, 5.74) is 6.25. The number of amides is 1. The second-order valence-corrected chi connectivity index (χ2v) is 7.24. The van der Waals surface area contributed by atoms with Crippen LogP contribution in [0, 0.1) is 6.92 Å². The fourth-order valence-electron chi connectivity index (χ4n) is 3.87. The monoisotopic (exact) mass is 351 g/mol. The van der Waals surface area contributed by atoms with Gasteiger partial charge < -0.3 is 10.1 Å². The average molecular weight is 351 g/mol. The van der Waals surface area contributed by atoms with E-state index in [1.807, 2.05) is 25.1 Å². The third-order valence-electron chi connectivity index (χ3n) is 5.34. The number of aryl methyl sites for hydroxylation is 3. The number of carbonyl (C=O) groups is 1. The molecule has 1 N–H and O–H groups in total. The second kappa shape index (κ2) is 8.39. The van der Waals surface area contributed by atoms with Gasteiger partial charge in [0.2, 0.25) is 5.91 Å². The van der Waals surface area contributed by atoms with Crippen molar-refractivity contribution in [2.75, 3.05) is 7.11 Å². The zero-order valence-electron chi connectivity index (χ0n) is 16.1. The van der Waals surface area contributed by atoms with Crippen molar-refractivity contribution in [2.45, 2.75) is 58.4 Å². The lowest BCUT2D eigenvalue weighted by molar-refractivity contribution is -0.121. The quantitative estimate of drug-likeness (QED) is 0.820. The Morgan fingerprint density at radius 2 is 1.88 bits per heavy atom. The molecule has 3 nitrogen and oxygen atoms in total. The first-order chi connectivity index (χ1) is 12.6. The van der Waals surface area contributed by atoms with Crippen molar-refractivity contribution < 1.29 is 9.53 Å². The maximum atomic E-state index is 12.6. The van der Waals surface area contributed by atoms with Crippen LogP contribution in [-0.4, -0.2) is 13.0 Å². The van der Waals surface area contributed by atoms with Gasteiger partial charge in [0.15, 0.2) is 0 Å². The Labute approximate surface area is 156 Å². The molecule has 1 atom stereocenters. The van der Waals surface area contributed by atoms with E-state index in [2.05, 4.69) is 30.4 Å². The molecule has 1 aliphatic carbocycles. The first-order valence-corrected chi connectivity index (χ1v) is 9.65. The van der Waals surface area contributed by atoms with E-state index in [0.717, 1.165) is 23.3 Å². The highest BCUT2D eigenvalue weighted by Gasteiger charge is 2.16. The smallest absolute Gasteiger partial charge is 0.224 e. The summed E-state index contributed by atoms with van der Waals surface area (Å²) in [5, 5.41) is 3.22. The van der Waals surface area contributed by atoms with Crippen LogP contribution in [0.2, 0.25) is 0 Å². The maximum Gasteiger partial charge on any atom is 0.224 e. The molecule has 0 saturated heterocycles. The minimum atomic E-state index is 0.0686. The zero-order valence-corrected chi connectivity index (χ0v) is 16.1. The molecule has 0 aliphatic heterocycles. The summed E-state index contributed by atoms with van der Waals surface area (Å²) in [5.74, 6) is 0.925. The molecule has 0 saturated carbocycles. The number of nitrogens with one attached hydrogen (secondary N) is 1. The molecule has 1 aliphatic rings. The summed E-state index contributed by atoms with van der Waals surface area (Å²) >= 11 is 0. The van der Waals surface area contributed by atoms with Crippen molar-refractivity contribution in [1.29, 1.82) is 0 Å². The molecule has 0 heterocycles. The van der Waals surface area contributed by atoms with Crippen LogP contribution in [0.3, 0.4) is 0 Å². The van der Waals surface area contributed by atoms with Crippen molar-refractivity contribution in [2.24, 2.45) is 0 Å². The van der Waals surface area contributed by atoms with Gasteiger partial charge in [0, 0.05) is 0 Å². The molecular weight excluding hydrogens is 322 g/mol. The topological polar surface area (TPSA) is 38.3 Å². The molecular formula is C23H29NO2. The SMILES string of the molecule is CC[C@H](NC(=O)Cc1ccc(OC)c(C)c1)c1ccc2c(c1)CCCC2. The number of hydrogen-bond acceptors (Lipinski definition) is 2. The minimum absolute atomic E-state index is 0.0686. The number of fused-ring (bicyclic) bond motifs is 1. The summed E-state index contributed by atoms with van der Waals surface area (Å²) in [6.07, 6.45) is 6.21. The fraction of sp³-hybridized carbons (Fsp3) is 0.435. The lowest BCUT2D eigenvalue weighted by atomic mass is 9.88. The molecule has 3 rings (SSSR count). The van der Waals surface area contributed by atoms with Crippen molar-refractivity contribution in [3.63, 3.8) is 0 Å². The third kappa shape index (κ3) is 4.27. The van der Waals surface area contributed by atoms with Gasteiger partial charge in [0.1, 0.15) is 5.75 Å². The largest absolute Gasteiger partial charge is 0.496 e. The first kappa shape index (κ1) is 18.5. The van der Waals surface area contributed by atoms with Crippen LogP contribution in [0.4, 0.5) is 0 Å². The highest BCUT2D eigenvalue weighted by Crippen LogP contribution is 2.26. The van der Waals surface area contributed by atoms with Gasteiger partial charge in [-0.1, -0.05) is 37.3 Å². The molecule has 1 amide bonds. The van der Waals surface area contributed by atoms with Crippen LogP contribution in [0.25, 0.3) is 0 Å². The van der Waals surface area contributed by atoms with Crippen molar-refractivity contribution in [1.82, 2.24) is 5.32 Å². The normalized spacial score (nSPS) is 14.4. The molecule has 0 bridgehead atoms. The number of rotatable bonds is 6. The summed E-state index contributed by atoms with van der Waals surface area (Å²) < 4.78 is 5.29. The number of hydrogen-bond donors (Lipinski definition) is 1. The van der Waals surface area contributed by atoms with E-state index in [9.17, 15) is 4.79 Å². The van der Waals surface area contributed by atoms with Gasteiger partial charge in [-0.2, -0.15) is 0 Å². The minimum Gasteiger partial charge on any atom is -0.496 e. The Hall–Kier alpha value is -2.29. The third-order valence-corrected chi connectivity index (χ3v) is 5.34. The second-order valence-electron chi connectivity index (χ2n) is 7.24. The maximum absolute atomic E-state index is 12.6. The van der Waals surface area contributed by atoms with Gasteiger partial charge in [-0.15, -0.1) is 0 Å². The van der Waals surface area contributed by atoms with E-state index in [0.29, 0.717) is 6.42 Å². The van der Waals surface area contributed by atoms with Crippen molar-refractivity contribution in [3.05, 3.63) is 64.2 Å². The van der Waals surface area contributed by atoms with Crippen molar-refractivity contribution in [3.8, 4) is 5.75 Å². The van der Waals surface area contributed by atoms with E-state index in [4.69, 9.17) is 4.74 Å². The molecule has 0 unspecified atom stereocenters. The Bertz CT molecular complexity index is 782. The molecule has 0 spiro atoms. The standard InChI is InChI=1S/C23H29NO2/c1-4-21(20-11-10-18-7-5-6-8-19(18)15-20)24-23(25)14-17-9-12-22(26-3)16(2)13-17/h9-13,15,21H,4-8,14H2,1-3H3,(H,24,25)/t21-/m0/s1. The average Bonchev–Trinajstić information content (AvgIpc) is 2.66. The number of methoxy groups -OCH3 is 1. The van der Waals surface area contributed by atoms with Gasteiger partial charge in [-0.25, -0.2) is 0 Å². The van der Waals surface area contributed by atoms with E-state index in [1.165, 1.54) is 42.4 Å². The fourth-order valence-corrected chi connectivity index (χ4v) is 3.87. The Morgan fingerprint density at radius 3 is 2.58 bits per heavy atom. The van der Waals surface area contributed by atoms with Crippen LogP contribution in [0.1, 0.15) is 60.0 Å². The van der Waals surface area contributed by atoms with Gasteiger partial charge in [0.05, 0.1) is 19.6 Å². The Morgan fingerprint density at radius 1 is 1.12 bits per heavy atom. The molecule has 2 aromatic rings. The van der Waals surface area contributed by atoms with Crippen molar-refractivity contribution >= 4 is 5.91 Å². The molecule has 0 aromatic heterocycles. The number of ether oxygens (including phenoxy) is 1. The van der Waals surface area contributed by atoms with Crippen LogP contribution < -0.4 is 10.1 Å². The van der Waals surface area contributed by atoms with Gasteiger partial charge in [0.25, 0.3) is 0 Å². The van der Waals surface area contributed by atoms with Crippen LogP contribution >= 0.6 is 0 Å². The molecule has 3 heteroatoms. The van der Waals surface area contributed by atoms with E-state index >= 15 is 0 Å². The molecule has 0 radical (unpaired) electrons. The number of benzene rings is 2. The summed E-state index contributed by atoms with van der Waals surface area (Å²) in [4.78, 5) is 12.6. The summed E-state index contributed by atoms with van der Waals surface area (Å²) in [6, 6.07) is 12.7. The van der Waals surface area contributed by atoms with Gasteiger partial charge in [-0.3, -0.25) is 4.79 Å². The number of carbonyl (C=O) groups excluding carboxylic acids is 1. The van der Waals surface area contributed by atoms with Gasteiger partial charge >= 0.3 is 0 Å². The van der Waals surface area contributed by atoms with Gasteiger partial charge in [-0.05, 0) is 72.9 Å². The van der Waals surface area contributed by atoms with E-state index in [1.54, 1.807) is 7.11 Å². The zero-order chi connectivity index (χ0) is 18.5. The Kier molecular flexibility index (Phi) is 5.97. The van der Waals surface area contributed by atoms with E-state index < -0.39 is 0 Å². The van der Waals surface area contributed by atoms with E-state index in [-0.39, 0.29) is 11.9 Å². The lowest BCUT2D eigenvalue weighted by Crippen LogP contribution is -2.29. The highest BCUT2D eigenvalue weighted by atomic mass is 16.5. The lowest BCUT2D eigenvalue weighted by Gasteiger charge is -2.22. The van der Waals surface area contributed by atoms with Crippen LogP contribution in [-0.2, 0) is 24.1 Å². The summed E-state index contributed by atoms with van der Waals surface area (Å²) in [7, 11) is 1.67. The Balaban J connectivity index is 1.67. The first-order valence-electron chi connectivity index (χ1n) is 9.65. The van der Waals surface area contributed by atoms with Crippen LogP contribution in [0.5, 0.6) is 5.75 Å². The molecule has 2 aromatic carbocycles. The molecule has 138 valence electrons.